The topological polar surface area (TPSA) is 109 Å². The molecule has 0 unspecified atom stereocenters. The number of aromatic nitrogens is 2. The fourth-order valence-electron chi connectivity index (χ4n) is 2.51. The molecule has 1 aromatic carbocycles. The zero-order valence-electron chi connectivity index (χ0n) is 17.4. The van der Waals surface area contributed by atoms with E-state index in [1.165, 1.54) is 11.8 Å². The van der Waals surface area contributed by atoms with Crippen molar-refractivity contribution >= 4 is 56.8 Å². The molecule has 0 bridgehead atoms. The minimum absolute atomic E-state index is 0.202. The second-order valence-electron chi connectivity index (χ2n) is 7.64. The van der Waals surface area contributed by atoms with Gasteiger partial charge in [0, 0.05) is 33.5 Å². The molecule has 0 spiro atoms. The molecule has 2 aromatic heterocycles. The molecule has 3 N–H and O–H groups in total. The number of carbonyl (C=O) groups is 2. The Morgan fingerprint density at radius 2 is 1.68 bits per heavy atom. The van der Waals surface area contributed by atoms with Crippen molar-refractivity contribution in [2.45, 2.75) is 31.2 Å². The molecule has 0 aliphatic heterocycles. The van der Waals surface area contributed by atoms with Crippen LogP contribution in [0.2, 0.25) is 0 Å². The summed E-state index contributed by atoms with van der Waals surface area (Å²) in [4.78, 5) is 29.0. The first-order chi connectivity index (χ1) is 14.7. The van der Waals surface area contributed by atoms with Crippen LogP contribution in [0.4, 0.5) is 22.0 Å². The first-order valence-corrected chi connectivity index (χ1v) is 11.3. The fourth-order valence-corrected chi connectivity index (χ4v) is 3.30. The molecule has 8 nitrogen and oxygen atoms in total. The summed E-state index contributed by atoms with van der Waals surface area (Å²) in [6, 6.07) is 9.74. The molecular weight excluding hydrogens is 482 g/mol. The van der Waals surface area contributed by atoms with Crippen molar-refractivity contribution < 1.29 is 14.1 Å². The number of hydrogen-bond acceptors (Lipinski definition) is 6. The SMILES string of the molecule is CSc1cc(C(=O)Nc2ccc(NC(=O)Nc3cc(C(C)(C)C)on3)cc2)c(Br)cn1. The van der Waals surface area contributed by atoms with Gasteiger partial charge < -0.3 is 15.2 Å². The lowest BCUT2D eigenvalue weighted by molar-refractivity contribution is 0.102. The predicted molar refractivity (Wildman–Crippen MR) is 126 cm³/mol. The quantitative estimate of drug-likeness (QED) is 0.382. The Labute approximate surface area is 192 Å². The summed E-state index contributed by atoms with van der Waals surface area (Å²) in [5.74, 6) is 0.746. The van der Waals surface area contributed by atoms with Gasteiger partial charge in [-0.25, -0.2) is 9.78 Å². The van der Waals surface area contributed by atoms with E-state index in [4.69, 9.17) is 4.52 Å². The van der Waals surface area contributed by atoms with Gasteiger partial charge in [-0.2, -0.15) is 0 Å². The number of rotatable bonds is 5. The van der Waals surface area contributed by atoms with Crippen LogP contribution in [0.1, 0.15) is 36.9 Å². The minimum atomic E-state index is -0.448. The number of anilines is 3. The van der Waals surface area contributed by atoms with Crippen LogP contribution in [0, 0.1) is 0 Å². The van der Waals surface area contributed by atoms with Gasteiger partial charge in [0.2, 0.25) is 0 Å². The summed E-state index contributed by atoms with van der Waals surface area (Å²) in [6.07, 6.45) is 3.50. The monoisotopic (exact) mass is 503 g/mol. The first kappa shape index (κ1) is 22.8. The van der Waals surface area contributed by atoms with Crippen LogP contribution in [0.15, 0.2) is 56.6 Å². The van der Waals surface area contributed by atoms with Crippen LogP contribution in [0.25, 0.3) is 0 Å². The molecule has 2 heterocycles. The van der Waals surface area contributed by atoms with Crippen LogP contribution < -0.4 is 16.0 Å². The van der Waals surface area contributed by atoms with Crippen LogP contribution in [-0.2, 0) is 5.41 Å². The van der Waals surface area contributed by atoms with Gasteiger partial charge in [0.05, 0.1) is 10.6 Å². The highest BCUT2D eigenvalue weighted by Gasteiger charge is 2.20. The third kappa shape index (κ3) is 6.08. The second-order valence-corrected chi connectivity index (χ2v) is 9.32. The summed E-state index contributed by atoms with van der Waals surface area (Å²) in [7, 11) is 0. The lowest BCUT2D eigenvalue weighted by Crippen LogP contribution is -2.19. The number of pyridine rings is 1. The first-order valence-electron chi connectivity index (χ1n) is 9.32. The molecule has 3 aromatic rings. The number of hydrogen-bond donors (Lipinski definition) is 3. The lowest BCUT2D eigenvalue weighted by Gasteiger charge is -2.12. The molecule has 31 heavy (non-hydrogen) atoms. The van der Waals surface area contributed by atoms with Crippen LogP contribution in [0.3, 0.4) is 0 Å². The van der Waals surface area contributed by atoms with Gasteiger partial charge in [0.1, 0.15) is 5.76 Å². The van der Waals surface area contributed by atoms with E-state index < -0.39 is 6.03 Å². The molecule has 0 fully saturated rings. The van der Waals surface area contributed by atoms with E-state index in [2.05, 4.69) is 42.0 Å². The summed E-state index contributed by atoms with van der Waals surface area (Å²) < 4.78 is 5.86. The molecule has 162 valence electrons. The highest BCUT2D eigenvalue weighted by molar-refractivity contribution is 9.10. The number of amides is 3. The average Bonchev–Trinajstić information content (AvgIpc) is 3.18. The summed E-state index contributed by atoms with van der Waals surface area (Å²) in [5, 5.41) is 12.8. The van der Waals surface area contributed by atoms with Gasteiger partial charge in [-0.05, 0) is 52.5 Å². The molecule has 0 aliphatic carbocycles. The Hall–Kier alpha value is -2.85. The number of benzene rings is 1. The molecule has 10 heteroatoms. The Kier molecular flexibility index (Phi) is 7.01. The molecule has 0 saturated carbocycles. The molecule has 0 radical (unpaired) electrons. The predicted octanol–water partition coefficient (Wildman–Crippen LogP) is 5.75. The lowest BCUT2D eigenvalue weighted by atomic mass is 9.93. The van der Waals surface area contributed by atoms with Crippen molar-refractivity contribution in [3.05, 3.63) is 58.4 Å². The van der Waals surface area contributed by atoms with Crippen LogP contribution in [0.5, 0.6) is 0 Å². The van der Waals surface area contributed by atoms with Crippen molar-refractivity contribution in [2.75, 3.05) is 22.2 Å². The van der Waals surface area contributed by atoms with E-state index in [1.807, 2.05) is 27.0 Å². The number of halogens is 1. The van der Waals surface area contributed by atoms with E-state index in [9.17, 15) is 9.59 Å². The standard InChI is InChI=1S/C21H22BrN5O3S/c1-21(2,3)16-10-17(27-30-16)26-20(29)25-13-7-5-12(6-8-13)24-19(28)14-9-18(31-4)23-11-15(14)22/h5-11H,1-4H3,(H,24,28)(H2,25,26,27,29). The normalized spacial score (nSPS) is 11.1. The van der Waals surface area contributed by atoms with Gasteiger partial charge in [-0.1, -0.05) is 25.9 Å². The number of nitrogens with one attached hydrogen (secondary N) is 3. The van der Waals surface area contributed by atoms with E-state index in [0.717, 1.165) is 5.03 Å². The van der Waals surface area contributed by atoms with Gasteiger partial charge in [0.15, 0.2) is 5.82 Å². The Morgan fingerprint density at radius 1 is 1.03 bits per heavy atom. The smallest absolute Gasteiger partial charge is 0.324 e. The Bertz CT molecular complexity index is 1090. The third-order valence-electron chi connectivity index (χ3n) is 4.18. The summed E-state index contributed by atoms with van der Waals surface area (Å²) in [5.41, 5.74) is 1.44. The van der Waals surface area contributed by atoms with Crippen LogP contribution in [-0.4, -0.2) is 28.3 Å². The van der Waals surface area contributed by atoms with Crippen molar-refractivity contribution in [3.63, 3.8) is 0 Å². The number of thioether (sulfide) groups is 1. The maximum Gasteiger partial charge on any atom is 0.324 e. The zero-order valence-corrected chi connectivity index (χ0v) is 19.8. The van der Waals surface area contributed by atoms with E-state index in [0.29, 0.717) is 33.0 Å². The average molecular weight is 504 g/mol. The van der Waals surface area contributed by atoms with Crippen molar-refractivity contribution in [1.82, 2.24) is 10.1 Å². The molecule has 0 atom stereocenters. The molecule has 0 aliphatic rings. The van der Waals surface area contributed by atoms with Gasteiger partial charge in [0.25, 0.3) is 5.91 Å². The number of urea groups is 1. The van der Waals surface area contributed by atoms with Crippen molar-refractivity contribution in [1.29, 1.82) is 0 Å². The molecular formula is C21H22BrN5O3S. The highest BCUT2D eigenvalue weighted by Crippen LogP contribution is 2.25. The summed E-state index contributed by atoms with van der Waals surface area (Å²) >= 11 is 4.81. The van der Waals surface area contributed by atoms with Gasteiger partial charge in [-0.3, -0.25) is 10.1 Å². The molecule has 3 amide bonds. The van der Waals surface area contributed by atoms with Crippen LogP contribution >= 0.6 is 27.7 Å². The molecule has 0 saturated heterocycles. The largest absolute Gasteiger partial charge is 0.359 e. The molecule has 3 rings (SSSR count). The fraction of sp³-hybridized carbons (Fsp3) is 0.238. The summed E-state index contributed by atoms with van der Waals surface area (Å²) in [6.45, 7) is 5.98. The maximum absolute atomic E-state index is 12.6. The minimum Gasteiger partial charge on any atom is -0.359 e. The highest BCUT2D eigenvalue weighted by atomic mass is 79.9. The number of carbonyl (C=O) groups excluding carboxylic acids is 2. The van der Waals surface area contributed by atoms with Crippen molar-refractivity contribution in [3.8, 4) is 0 Å². The third-order valence-corrected chi connectivity index (χ3v) is 5.45. The van der Waals surface area contributed by atoms with Crippen molar-refractivity contribution in [2.24, 2.45) is 0 Å². The van der Waals surface area contributed by atoms with E-state index in [1.54, 1.807) is 42.6 Å². The second kappa shape index (κ2) is 9.52. The number of nitrogens with zero attached hydrogens (tertiary/aromatic N) is 2. The van der Waals surface area contributed by atoms with Gasteiger partial charge in [-0.15, -0.1) is 11.8 Å². The van der Waals surface area contributed by atoms with E-state index >= 15 is 0 Å². The maximum atomic E-state index is 12.6. The Morgan fingerprint density at radius 3 is 2.26 bits per heavy atom. The van der Waals surface area contributed by atoms with E-state index in [-0.39, 0.29) is 11.3 Å². The van der Waals surface area contributed by atoms with Gasteiger partial charge >= 0.3 is 6.03 Å². The zero-order chi connectivity index (χ0) is 22.6. The Balaban J connectivity index is 1.59.